The number of sulfonamides is 1. The highest BCUT2D eigenvalue weighted by atomic mass is 32.2. The number of likely N-dealkylation sites (tertiary alicyclic amines) is 1. The average Bonchev–Trinajstić information content (AvgIpc) is 3.62. The molecule has 0 unspecified atom stereocenters. The number of rotatable bonds is 5. The van der Waals surface area contributed by atoms with Crippen molar-refractivity contribution in [2.24, 2.45) is 14.1 Å². The first-order valence-electron chi connectivity index (χ1n) is 11.9. The molecular formula is C26H27N5O4S. The van der Waals surface area contributed by atoms with Gasteiger partial charge in [-0.15, -0.1) is 0 Å². The van der Waals surface area contributed by atoms with Crippen LogP contribution in [0.15, 0.2) is 75.1 Å². The maximum absolute atomic E-state index is 13.5. The molecule has 2 aliphatic rings. The van der Waals surface area contributed by atoms with E-state index in [1.165, 1.54) is 17.2 Å². The number of aromatic amines is 1. The van der Waals surface area contributed by atoms with Crippen LogP contribution in [0.3, 0.4) is 0 Å². The number of hydrogen-bond donors (Lipinski definition) is 1. The number of H-pyrrole nitrogens is 1. The molecule has 4 heterocycles. The van der Waals surface area contributed by atoms with E-state index < -0.39 is 21.3 Å². The molecule has 1 N–H and O–H groups in total. The molecule has 0 spiro atoms. The van der Waals surface area contributed by atoms with E-state index >= 15 is 0 Å². The fourth-order valence-corrected chi connectivity index (χ4v) is 7.23. The number of nitrogens with zero attached hydrogens (tertiary/aromatic N) is 4. The lowest BCUT2D eigenvalue weighted by Crippen LogP contribution is -2.48. The zero-order valence-corrected chi connectivity index (χ0v) is 20.9. The Balaban J connectivity index is 1.23. The topological polar surface area (TPSA) is 100 Å². The van der Waals surface area contributed by atoms with E-state index in [1.807, 2.05) is 18.2 Å². The van der Waals surface area contributed by atoms with Gasteiger partial charge in [0.15, 0.2) is 0 Å². The first kappa shape index (κ1) is 23.0. The van der Waals surface area contributed by atoms with Crippen molar-refractivity contribution in [2.75, 3.05) is 13.1 Å². The van der Waals surface area contributed by atoms with Crippen molar-refractivity contribution in [1.82, 2.24) is 23.3 Å². The molecule has 2 aliphatic heterocycles. The summed E-state index contributed by atoms with van der Waals surface area (Å²) in [6.07, 6.45) is 0.854. The van der Waals surface area contributed by atoms with Crippen molar-refractivity contribution in [2.45, 2.75) is 29.9 Å². The molecule has 0 radical (unpaired) electrons. The van der Waals surface area contributed by atoms with E-state index in [2.05, 4.69) is 22.0 Å². The number of aromatic nitrogens is 3. The maximum atomic E-state index is 13.5. The van der Waals surface area contributed by atoms with Crippen molar-refractivity contribution in [1.29, 1.82) is 0 Å². The van der Waals surface area contributed by atoms with Crippen molar-refractivity contribution in [3.63, 3.8) is 0 Å². The lowest BCUT2D eigenvalue weighted by Gasteiger charge is -2.33. The summed E-state index contributed by atoms with van der Waals surface area (Å²) in [6.45, 7) is 2.07. The second-order valence-electron chi connectivity index (χ2n) is 9.71. The average molecular weight is 506 g/mol. The molecule has 2 fully saturated rings. The van der Waals surface area contributed by atoms with Crippen LogP contribution in [0, 0.1) is 0 Å². The van der Waals surface area contributed by atoms with Gasteiger partial charge in [-0.2, -0.15) is 4.31 Å². The molecule has 2 bridgehead atoms. The highest BCUT2D eigenvalue weighted by molar-refractivity contribution is 7.89. The number of benzene rings is 2. The summed E-state index contributed by atoms with van der Waals surface area (Å²) >= 11 is 0. The van der Waals surface area contributed by atoms with Crippen molar-refractivity contribution in [3.8, 4) is 11.3 Å². The maximum Gasteiger partial charge on any atom is 0.331 e. The van der Waals surface area contributed by atoms with Gasteiger partial charge in [0.25, 0.3) is 5.56 Å². The molecule has 2 saturated heterocycles. The van der Waals surface area contributed by atoms with Crippen LogP contribution in [0.5, 0.6) is 0 Å². The van der Waals surface area contributed by atoms with Gasteiger partial charge in [0.2, 0.25) is 10.0 Å². The number of fused-ring (bicyclic) bond motifs is 3. The van der Waals surface area contributed by atoms with Gasteiger partial charge in [0.1, 0.15) is 5.52 Å². The minimum Gasteiger partial charge on any atom is -0.349 e. The predicted octanol–water partition coefficient (Wildman–Crippen LogP) is 1.88. The molecule has 9 nitrogen and oxygen atoms in total. The SMILES string of the molecule is Cn1c(=O)c2[nH]c(-c3ccc(S(=O)(=O)N4C[C@@H]5C[C@H]4CN5Cc4ccccc4)cc3)cc2n(C)c1=O. The fraction of sp³-hybridized carbons (Fsp3) is 0.308. The summed E-state index contributed by atoms with van der Waals surface area (Å²) in [7, 11) is -0.563. The molecule has 0 amide bonds. The number of hydrogen-bond acceptors (Lipinski definition) is 5. The van der Waals surface area contributed by atoms with E-state index in [-0.39, 0.29) is 17.0 Å². The summed E-state index contributed by atoms with van der Waals surface area (Å²) in [5.41, 5.74) is 2.65. The zero-order chi connectivity index (χ0) is 25.2. The molecule has 4 aromatic rings. The minimum atomic E-state index is -3.62. The lowest BCUT2D eigenvalue weighted by molar-refractivity contribution is 0.174. The molecule has 36 heavy (non-hydrogen) atoms. The molecule has 2 aromatic heterocycles. The van der Waals surface area contributed by atoms with Crippen LogP contribution in [-0.2, 0) is 30.7 Å². The Kier molecular flexibility index (Phi) is 5.29. The molecule has 2 aromatic carbocycles. The van der Waals surface area contributed by atoms with Crippen LogP contribution in [0.1, 0.15) is 12.0 Å². The van der Waals surface area contributed by atoms with Gasteiger partial charge >= 0.3 is 5.69 Å². The van der Waals surface area contributed by atoms with Gasteiger partial charge in [-0.1, -0.05) is 42.5 Å². The van der Waals surface area contributed by atoms with Crippen molar-refractivity contribution < 1.29 is 8.42 Å². The summed E-state index contributed by atoms with van der Waals surface area (Å²) in [6, 6.07) is 18.9. The monoisotopic (exact) mass is 505 g/mol. The van der Waals surface area contributed by atoms with Crippen LogP contribution in [0.2, 0.25) is 0 Å². The summed E-state index contributed by atoms with van der Waals surface area (Å²) in [5.74, 6) is 0. The first-order valence-corrected chi connectivity index (χ1v) is 13.4. The second-order valence-corrected chi connectivity index (χ2v) is 11.6. The van der Waals surface area contributed by atoms with E-state index in [4.69, 9.17) is 0 Å². The number of piperazine rings is 1. The van der Waals surface area contributed by atoms with Gasteiger partial charge in [-0.05, 0) is 35.7 Å². The standard InChI is InChI=1S/C26H27N5O4S/c1-28-23-13-22(27-24(23)25(32)29(2)26(28)33)18-8-10-21(11-9-18)36(34,35)31-16-19-12-20(31)15-30(19)14-17-6-4-3-5-7-17/h3-11,13,19-20,27H,12,14-16H2,1-2H3/t19-,20-/m0/s1. The largest absolute Gasteiger partial charge is 0.349 e. The molecule has 186 valence electrons. The van der Waals surface area contributed by atoms with Crippen LogP contribution < -0.4 is 11.2 Å². The molecule has 10 heteroatoms. The van der Waals surface area contributed by atoms with E-state index in [1.54, 1.807) is 41.7 Å². The number of nitrogens with one attached hydrogen (secondary N) is 1. The second kappa shape index (κ2) is 8.29. The smallest absolute Gasteiger partial charge is 0.331 e. The van der Waals surface area contributed by atoms with E-state index in [0.717, 1.165) is 29.6 Å². The Bertz CT molecular complexity index is 1690. The van der Waals surface area contributed by atoms with Gasteiger partial charge in [-0.25, -0.2) is 13.2 Å². The van der Waals surface area contributed by atoms with Gasteiger partial charge in [0, 0.05) is 51.5 Å². The Labute approximate surface area is 208 Å². The molecule has 0 aliphatic carbocycles. The van der Waals surface area contributed by atoms with Gasteiger partial charge in [0.05, 0.1) is 10.4 Å². The summed E-state index contributed by atoms with van der Waals surface area (Å²) < 4.78 is 31.0. The van der Waals surface area contributed by atoms with Crippen LogP contribution in [0.4, 0.5) is 0 Å². The van der Waals surface area contributed by atoms with E-state index in [9.17, 15) is 18.0 Å². The third-order valence-corrected chi connectivity index (χ3v) is 9.49. The lowest BCUT2D eigenvalue weighted by atomic mass is 10.1. The quantitative estimate of drug-likeness (QED) is 0.447. The molecule has 2 atom stereocenters. The Morgan fingerprint density at radius 3 is 2.31 bits per heavy atom. The van der Waals surface area contributed by atoms with Crippen molar-refractivity contribution >= 4 is 21.1 Å². The third-order valence-electron chi connectivity index (χ3n) is 7.55. The van der Waals surface area contributed by atoms with Crippen LogP contribution in [-0.4, -0.2) is 56.9 Å². The fourth-order valence-electron chi connectivity index (χ4n) is 5.57. The first-order chi connectivity index (χ1) is 17.2. The van der Waals surface area contributed by atoms with Gasteiger partial charge in [-0.3, -0.25) is 18.8 Å². The van der Waals surface area contributed by atoms with Gasteiger partial charge < -0.3 is 4.98 Å². The summed E-state index contributed by atoms with van der Waals surface area (Å²) in [5, 5.41) is 0. The zero-order valence-electron chi connectivity index (χ0n) is 20.1. The molecular weight excluding hydrogens is 478 g/mol. The van der Waals surface area contributed by atoms with E-state index in [0.29, 0.717) is 23.3 Å². The Hall–Kier alpha value is -3.47. The highest BCUT2D eigenvalue weighted by Gasteiger charge is 2.48. The minimum absolute atomic E-state index is 0.0189. The third kappa shape index (κ3) is 3.56. The molecule has 6 rings (SSSR count). The Morgan fingerprint density at radius 1 is 0.917 bits per heavy atom. The van der Waals surface area contributed by atoms with Crippen LogP contribution >= 0.6 is 0 Å². The Morgan fingerprint density at radius 2 is 1.64 bits per heavy atom. The number of aryl methyl sites for hydroxylation is 1. The summed E-state index contributed by atoms with van der Waals surface area (Å²) in [4.78, 5) is 30.5. The normalized spacial score (nSPS) is 20.5. The van der Waals surface area contributed by atoms with Crippen molar-refractivity contribution in [3.05, 3.63) is 87.1 Å². The predicted molar refractivity (Wildman–Crippen MR) is 137 cm³/mol. The molecule has 0 saturated carbocycles. The highest BCUT2D eigenvalue weighted by Crippen LogP contribution is 2.36. The van der Waals surface area contributed by atoms with Crippen LogP contribution in [0.25, 0.3) is 22.3 Å².